The van der Waals surface area contributed by atoms with E-state index in [1.165, 1.54) is 50.5 Å². The van der Waals surface area contributed by atoms with Gasteiger partial charge in [-0.2, -0.15) is 0 Å². The van der Waals surface area contributed by atoms with Crippen molar-refractivity contribution in [3.05, 3.63) is 29.8 Å². The van der Waals surface area contributed by atoms with Gasteiger partial charge in [-0.15, -0.1) is 0 Å². The predicted molar refractivity (Wildman–Crippen MR) is 90.5 cm³/mol. The maximum Gasteiger partial charge on any atom is 0.347 e. The standard InChI is InChI=1S/C19H30O3/c1-4-5-6-7-8-9-10-12-16-13-11-14-17(15-16)22-19(2,3)18(20)21/h11,13-15H,4-10,12H2,1-3H3,(H,20,21). The first kappa shape index (κ1) is 18.5. The summed E-state index contributed by atoms with van der Waals surface area (Å²) in [7, 11) is 0. The number of ether oxygens (including phenoxy) is 1. The molecule has 0 radical (unpaired) electrons. The molecule has 1 rings (SSSR count). The lowest BCUT2D eigenvalue weighted by Gasteiger charge is -2.21. The highest BCUT2D eigenvalue weighted by Gasteiger charge is 2.29. The van der Waals surface area contributed by atoms with Crippen LogP contribution < -0.4 is 4.74 Å². The lowest BCUT2D eigenvalue weighted by molar-refractivity contribution is -0.152. The van der Waals surface area contributed by atoms with Gasteiger partial charge in [-0.3, -0.25) is 0 Å². The fourth-order valence-corrected chi connectivity index (χ4v) is 2.39. The predicted octanol–water partition coefficient (Wildman–Crippen LogP) is 5.22. The third-order valence-electron chi connectivity index (χ3n) is 3.86. The Morgan fingerprint density at radius 1 is 1.09 bits per heavy atom. The molecule has 0 atom stereocenters. The van der Waals surface area contributed by atoms with Crippen molar-refractivity contribution in [1.29, 1.82) is 0 Å². The second kappa shape index (κ2) is 9.50. The van der Waals surface area contributed by atoms with Crippen LogP contribution in [0.3, 0.4) is 0 Å². The van der Waals surface area contributed by atoms with E-state index in [1.54, 1.807) is 13.8 Å². The Labute approximate surface area is 134 Å². The summed E-state index contributed by atoms with van der Waals surface area (Å²) in [6.07, 6.45) is 10.1. The highest BCUT2D eigenvalue weighted by atomic mass is 16.5. The summed E-state index contributed by atoms with van der Waals surface area (Å²) in [5.74, 6) is -0.321. The first-order valence-corrected chi connectivity index (χ1v) is 8.47. The SMILES string of the molecule is CCCCCCCCCc1cccc(OC(C)(C)C(=O)O)c1. The van der Waals surface area contributed by atoms with Crippen LogP contribution >= 0.6 is 0 Å². The minimum absolute atomic E-state index is 0.632. The molecular weight excluding hydrogens is 276 g/mol. The van der Waals surface area contributed by atoms with Crippen molar-refractivity contribution in [2.24, 2.45) is 0 Å². The number of hydrogen-bond donors (Lipinski definition) is 1. The Hall–Kier alpha value is -1.51. The Morgan fingerprint density at radius 2 is 1.73 bits per heavy atom. The number of hydrogen-bond acceptors (Lipinski definition) is 2. The zero-order valence-corrected chi connectivity index (χ0v) is 14.2. The van der Waals surface area contributed by atoms with Crippen molar-refractivity contribution in [2.45, 2.75) is 77.7 Å². The Balaban J connectivity index is 2.37. The van der Waals surface area contributed by atoms with E-state index >= 15 is 0 Å². The summed E-state index contributed by atoms with van der Waals surface area (Å²) >= 11 is 0. The maximum atomic E-state index is 11.1. The van der Waals surface area contributed by atoms with Crippen LogP contribution in [0.25, 0.3) is 0 Å². The van der Waals surface area contributed by atoms with Gasteiger partial charge in [-0.05, 0) is 44.4 Å². The number of aryl methyl sites for hydroxylation is 1. The molecule has 1 aromatic carbocycles. The monoisotopic (exact) mass is 306 g/mol. The van der Waals surface area contributed by atoms with Gasteiger partial charge in [0.05, 0.1) is 0 Å². The van der Waals surface area contributed by atoms with E-state index in [4.69, 9.17) is 9.84 Å². The van der Waals surface area contributed by atoms with Gasteiger partial charge in [0.15, 0.2) is 5.60 Å². The molecule has 0 saturated heterocycles. The van der Waals surface area contributed by atoms with Crippen LogP contribution in [0.15, 0.2) is 24.3 Å². The number of unbranched alkanes of at least 4 members (excludes halogenated alkanes) is 6. The topological polar surface area (TPSA) is 46.5 Å². The molecule has 0 fully saturated rings. The van der Waals surface area contributed by atoms with Crippen LogP contribution in [0.4, 0.5) is 0 Å². The minimum atomic E-state index is -1.20. The number of aliphatic carboxylic acids is 1. The lowest BCUT2D eigenvalue weighted by atomic mass is 10.0. The van der Waals surface area contributed by atoms with Gasteiger partial charge in [0.2, 0.25) is 0 Å². The molecule has 0 aliphatic carbocycles. The molecule has 1 N–H and O–H groups in total. The molecule has 0 saturated carbocycles. The maximum absolute atomic E-state index is 11.1. The van der Waals surface area contributed by atoms with E-state index in [2.05, 4.69) is 13.0 Å². The summed E-state index contributed by atoms with van der Waals surface area (Å²) < 4.78 is 5.58. The summed E-state index contributed by atoms with van der Waals surface area (Å²) in [5.41, 5.74) is 0.0185. The molecule has 124 valence electrons. The average molecular weight is 306 g/mol. The van der Waals surface area contributed by atoms with Crippen LogP contribution in [0.5, 0.6) is 5.75 Å². The molecular formula is C19H30O3. The van der Waals surface area contributed by atoms with Gasteiger partial charge in [0.1, 0.15) is 5.75 Å². The Morgan fingerprint density at radius 3 is 2.36 bits per heavy atom. The van der Waals surface area contributed by atoms with Crippen LogP contribution in [0.2, 0.25) is 0 Å². The van der Waals surface area contributed by atoms with Crippen molar-refractivity contribution in [2.75, 3.05) is 0 Å². The minimum Gasteiger partial charge on any atom is -0.478 e. The number of rotatable bonds is 11. The second-order valence-electron chi connectivity index (χ2n) is 6.44. The number of benzene rings is 1. The summed E-state index contributed by atoms with van der Waals surface area (Å²) in [6, 6.07) is 7.79. The van der Waals surface area contributed by atoms with E-state index in [9.17, 15) is 4.79 Å². The molecule has 0 bridgehead atoms. The van der Waals surface area contributed by atoms with Crippen molar-refractivity contribution in [3.63, 3.8) is 0 Å². The van der Waals surface area contributed by atoms with E-state index in [-0.39, 0.29) is 0 Å². The number of carbonyl (C=O) groups is 1. The molecule has 0 spiro atoms. The van der Waals surface area contributed by atoms with Crippen LogP contribution in [-0.4, -0.2) is 16.7 Å². The normalized spacial score (nSPS) is 11.4. The molecule has 1 aromatic rings. The van der Waals surface area contributed by atoms with E-state index in [0.29, 0.717) is 5.75 Å². The third kappa shape index (κ3) is 6.97. The van der Waals surface area contributed by atoms with Crippen LogP contribution in [0, 0.1) is 0 Å². The van der Waals surface area contributed by atoms with Crippen LogP contribution in [-0.2, 0) is 11.2 Å². The van der Waals surface area contributed by atoms with Gasteiger partial charge in [0, 0.05) is 0 Å². The van der Waals surface area contributed by atoms with Crippen LogP contribution in [0.1, 0.15) is 71.3 Å². The smallest absolute Gasteiger partial charge is 0.347 e. The zero-order valence-electron chi connectivity index (χ0n) is 14.2. The largest absolute Gasteiger partial charge is 0.478 e. The molecule has 22 heavy (non-hydrogen) atoms. The second-order valence-corrected chi connectivity index (χ2v) is 6.44. The Bertz CT molecular complexity index is 452. The first-order valence-electron chi connectivity index (χ1n) is 8.47. The third-order valence-corrected chi connectivity index (χ3v) is 3.86. The van der Waals surface area contributed by atoms with Crippen molar-refractivity contribution >= 4 is 5.97 Å². The first-order chi connectivity index (χ1) is 10.5. The van der Waals surface area contributed by atoms with Crippen molar-refractivity contribution in [1.82, 2.24) is 0 Å². The fraction of sp³-hybridized carbons (Fsp3) is 0.632. The van der Waals surface area contributed by atoms with Crippen molar-refractivity contribution in [3.8, 4) is 5.75 Å². The quantitative estimate of drug-likeness (QED) is 0.570. The lowest BCUT2D eigenvalue weighted by Crippen LogP contribution is -2.37. The molecule has 0 aliphatic rings. The molecule has 3 nitrogen and oxygen atoms in total. The summed E-state index contributed by atoms with van der Waals surface area (Å²) in [6.45, 7) is 5.37. The molecule has 0 aliphatic heterocycles. The molecule has 0 heterocycles. The van der Waals surface area contributed by atoms with Gasteiger partial charge >= 0.3 is 5.97 Å². The van der Waals surface area contributed by atoms with E-state index in [1.807, 2.05) is 18.2 Å². The van der Waals surface area contributed by atoms with E-state index < -0.39 is 11.6 Å². The molecule has 0 aromatic heterocycles. The molecule has 3 heteroatoms. The number of carboxylic acid groups (broad SMARTS) is 1. The number of carboxylic acids is 1. The highest BCUT2D eigenvalue weighted by molar-refractivity contribution is 5.76. The van der Waals surface area contributed by atoms with Gasteiger partial charge in [0.25, 0.3) is 0 Å². The van der Waals surface area contributed by atoms with Gasteiger partial charge in [-0.1, -0.05) is 57.6 Å². The summed E-state index contributed by atoms with van der Waals surface area (Å²) in [5, 5.41) is 9.11. The molecule has 0 amide bonds. The Kier molecular flexibility index (Phi) is 8.00. The molecule has 0 unspecified atom stereocenters. The summed E-state index contributed by atoms with van der Waals surface area (Å²) in [4.78, 5) is 11.1. The highest BCUT2D eigenvalue weighted by Crippen LogP contribution is 2.21. The van der Waals surface area contributed by atoms with E-state index in [0.717, 1.165) is 6.42 Å². The zero-order chi connectivity index (χ0) is 16.4. The van der Waals surface area contributed by atoms with Crippen molar-refractivity contribution < 1.29 is 14.6 Å². The van der Waals surface area contributed by atoms with Gasteiger partial charge < -0.3 is 9.84 Å². The van der Waals surface area contributed by atoms with Gasteiger partial charge in [-0.25, -0.2) is 4.79 Å². The average Bonchev–Trinajstić information content (AvgIpc) is 2.46. The fourth-order valence-electron chi connectivity index (χ4n) is 2.39.